The van der Waals surface area contributed by atoms with E-state index in [2.05, 4.69) is 34.4 Å². The van der Waals surface area contributed by atoms with Gasteiger partial charge in [0.25, 0.3) is 5.91 Å². The highest BCUT2D eigenvalue weighted by Crippen LogP contribution is 2.33. The SMILES string of the molecule is Cc1ccc(-n2ncc(C(=O)NCCN3CCCCC3)c2C2CCN(C(=O)OC(C)(C)C)CC2)cc1. The predicted molar refractivity (Wildman–Crippen MR) is 141 cm³/mol. The van der Waals surface area contributed by atoms with Gasteiger partial charge in [0.15, 0.2) is 0 Å². The number of carbonyl (C=O) groups is 2. The number of hydrogen-bond acceptors (Lipinski definition) is 5. The summed E-state index contributed by atoms with van der Waals surface area (Å²) in [5.41, 5.74) is 3.16. The molecule has 1 aromatic heterocycles. The van der Waals surface area contributed by atoms with Crippen molar-refractivity contribution in [2.45, 2.75) is 71.3 Å². The molecule has 0 bridgehead atoms. The molecule has 2 aromatic rings. The van der Waals surface area contributed by atoms with E-state index in [9.17, 15) is 9.59 Å². The summed E-state index contributed by atoms with van der Waals surface area (Å²) < 4.78 is 7.47. The highest BCUT2D eigenvalue weighted by atomic mass is 16.6. The van der Waals surface area contributed by atoms with Crippen LogP contribution in [0.1, 0.15) is 80.4 Å². The van der Waals surface area contributed by atoms with Crippen molar-refractivity contribution in [1.29, 1.82) is 0 Å². The molecule has 36 heavy (non-hydrogen) atoms. The number of rotatable bonds is 6. The Balaban J connectivity index is 1.49. The Labute approximate surface area is 215 Å². The van der Waals surface area contributed by atoms with Crippen LogP contribution in [-0.2, 0) is 4.74 Å². The number of benzene rings is 1. The van der Waals surface area contributed by atoms with Crippen molar-refractivity contribution in [2.24, 2.45) is 0 Å². The molecule has 4 rings (SSSR count). The maximum absolute atomic E-state index is 13.3. The molecule has 2 amide bonds. The number of nitrogens with zero attached hydrogens (tertiary/aromatic N) is 4. The summed E-state index contributed by atoms with van der Waals surface area (Å²) in [7, 11) is 0. The van der Waals surface area contributed by atoms with Crippen LogP contribution in [0.5, 0.6) is 0 Å². The van der Waals surface area contributed by atoms with Gasteiger partial charge in [-0.2, -0.15) is 5.10 Å². The van der Waals surface area contributed by atoms with Crippen molar-refractivity contribution >= 4 is 12.0 Å². The fraction of sp³-hybridized carbons (Fsp3) is 0.607. The van der Waals surface area contributed by atoms with Crippen molar-refractivity contribution in [3.63, 3.8) is 0 Å². The normalized spacial score (nSPS) is 17.7. The molecule has 8 nitrogen and oxygen atoms in total. The monoisotopic (exact) mass is 495 g/mol. The van der Waals surface area contributed by atoms with Crippen molar-refractivity contribution in [3.05, 3.63) is 47.3 Å². The van der Waals surface area contributed by atoms with E-state index in [0.717, 1.165) is 43.9 Å². The van der Waals surface area contributed by atoms with Crippen LogP contribution in [0.2, 0.25) is 0 Å². The van der Waals surface area contributed by atoms with E-state index in [1.54, 1.807) is 11.1 Å². The lowest BCUT2D eigenvalue weighted by atomic mass is 9.91. The Morgan fingerprint density at radius 1 is 1.03 bits per heavy atom. The topological polar surface area (TPSA) is 79.7 Å². The molecule has 0 radical (unpaired) electrons. The van der Waals surface area contributed by atoms with Crippen LogP contribution in [0.4, 0.5) is 4.79 Å². The van der Waals surface area contributed by atoms with Crippen LogP contribution < -0.4 is 5.32 Å². The van der Waals surface area contributed by atoms with Gasteiger partial charge in [0.1, 0.15) is 5.60 Å². The first-order valence-corrected chi connectivity index (χ1v) is 13.3. The molecule has 0 atom stereocenters. The second kappa shape index (κ2) is 11.5. The largest absolute Gasteiger partial charge is 0.444 e. The zero-order valence-corrected chi connectivity index (χ0v) is 22.3. The lowest BCUT2D eigenvalue weighted by Gasteiger charge is -2.34. The van der Waals surface area contributed by atoms with Gasteiger partial charge in [-0.3, -0.25) is 4.79 Å². The molecule has 1 N–H and O–H groups in total. The number of hydrogen-bond donors (Lipinski definition) is 1. The molecule has 2 saturated heterocycles. The van der Waals surface area contributed by atoms with E-state index >= 15 is 0 Å². The van der Waals surface area contributed by atoms with E-state index in [-0.39, 0.29) is 17.9 Å². The van der Waals surface area contributed by atoms with Gasteiger partial charge in [-0.15, -0.1) is 0 Å². The third-order valence-electron chi connectivity index (χ3n) is 7.03. The summed E-state index contributed by atoms with van der Waals surface area (Å²) in [5.74, 6) is 0.0466. The van der Waals surface area contributed by atoms with Gasteiger partial charge in [0.2, 0.25) is 0 Å². The number of carbonyl (C=O) groups excluding carboxylic acids is 2. The van der Waals surface area contributed by atoms with E-state index < -0.39 is 5.60 Å². The molecule has 3 heterocycles. The van der Waals surface area contributed by atoms with E-state index in [4.69, 9.17) is 4.74 Å². The predicted octanol–water partition coefficient (Wildman–Crippen LogP) is 4.51. The summed E-state index contributed by atoms with van der Waals surface area (Å²) in [6, 6.07) is 8.20. The molecule has 2 aliphatic rings. The first-order valence-electron chi connectivity index (χ1n) is 13.3. The molecule has 196 valence electrons. The molecular weight excluding hydrogens is 454 g/mol. The van der Waals surface area contributed by atoms with Crippen LogP contribution in [0.25, 0.3) is 5.69 Å². The van der Waals surface area contributed by atoms with Gasteiger partial charge < -0.3 is 19.9 Å². The average Bonchev–Trinajstić information content (AvgIpc) is 3.29. The minimum absolute atomic E-state index is 0.0741. The third-order valence-corrected chi connectivity index (χ3v) is 7.03. The van der Waals surface area contributed by atoms with Crippen molar-refractivity contribution < 1.29 is 14.3 Å². The zero-order valence-electron chi connectivity index (χ0n) is 22.3. The Hall–Kier alpha value is -2.87. The maximum atomic E-state index is 13.3. The third kappa shape index (κ3) is 6.66. The summed E-state index contributed by atoms with van der Waals surface area (Å²) >= 11 is 0. The first-order chi connectivity index (χ1) is 17.2. The lowest BCUT2D eigenvalue weighted by molar-refractivity contribution is 0.0203. The Morgan fingerprint density at radius 2 is 1.69 bits per heavy atom. The minimum Gasteiger partial charge on any atom is -0.444 e. The average molecular weight is 496 g/mol. The van der Waals surface area contributed by atoms with Crippen LogP contribution in [-0.4, -0.2) is 76.5 Å². The summed E-state index contributed by atoms with van der Waals surface area (Å²) in [6.07, 6.45) is 6.72. The van der Waals surface area contributed by atoms with Crippen LogP contribution in [0, 0.1) is 6.92 Å². The van der Waals surface area contributed by atoms with Gasteiger partial charge in [-0.25, -0.2) is 9.48 Å². The molecule has 2 aliphatic heterocycles. The zero-order chi connectivity index (χ0) is 25.7. The van der Waals surface area contributed by atoms with Crippen molar-refractivity contribution in [2.75, 3.05) is 39.3 Å². The van der Waals surface area contributed by atoms with Gasteiger partial charge in [-0.1, -0.05) is 24.1 Å². The second-order valence-electron chi connectivity index (χ2n) is 11.1. The quantitative estimate of drug-likeness (QED) is 0.638. The molecular formula is C28H41N5O3. The minimum atomic E-state index is -0.516. The van der Waals surface area contributed by atoms with Crippen molar-refractivity contribution in [1.82, 2.24) is 24.9 Å². The second-order valence-corrected chi connectivity index (χ2v) is 11.1. The highest BCUT2D eigenvalue weighted by molar-refractivity contribution is 5.95. The maximum Gasteiger partial charge on any atom is 0.410 e. The fourth-order valence-electron chi connectivity index (χ4n) is 5.09. The Morgan fingerprint density at radius 3 is 2.33 bits per heavy atom. The molecule has 0 aliphatic carbocycles. The number of likely N-dealkylation sites (tertiary alicyclic amines) is 2. The van der Waals surface area contributed by atoms with E-state index in [1.807, 2.05) is 37.6 Å². The standard InChI is InChI=1S/C28H41N5O3/c1-21-8-10-23(11-9-21)33-25(22-12-17-32(18-13-22)27(35)36-28(2,3)4)24(20-30-33)26(34)29-14-19-31-15-6-5-7-16-31/h8-11,20,22H,5-7,12-19H2,1-4H3,(H,29,34). The number of piperidine rings is 2. The molecule has 8 heteroatoms. The Kier molecular flexibility index (Phi) is 8.34. The number of aryl methyl sites for hydroxylation is 1. The summed E-state index contributed by atoms with van der Waals surface area (Å²) in [5, 5.41) is 7.79. The molecule has 2 fully saturated rings. The van der Waals surface area contributed by atoms with Gasteiger partial charge in [0.05, 0.1) is 23.1 Å². The molecule has 0 unspecified atom stereocenters. The van der Waals surface area contributed by atoms with Gasteiger partial charge in [-0.05, 0) is 78.6 Å². The van der Waals surface area contributed by atoms with Crippen LogP contribution in [0.3, 0.4) is 0 Å². The molecule has 1 aromatic carbocycles. The van der Waals surface area contributed by atoms with Crippen LogP contribution >= 0.6 is 0 Å². The summed E-state index contributed by atoms with van der Waals surface area (Å²) in [6.45, 7) is 12.6. The van der Waals surface area contributed by atoms with E-state index in [0.29, 0.717) is 25.2 Å². The summed E-state index contributed by atoms with van der Waals surface area (Å²) in [4.78, 5) is 30.1. The van der Waals surface area contributed by atoms with Crippen LogP contribution in [0.15, 0.2) is 30.5 Å². The number of nitrogens with one attached hydrogen (secondary N) is 1. The number of ether oxygens (including phenoxy) is 1. The van der Waals surface area contributed by atoms with Crippen molar-refractivity contribution in [3.8, 4) is 5.69 Å². The lowest BCUT2D eigenvalue weighted by Crippen LogP contribution is -2.42. The highest BCUT2D eigenvalue weighted by Gasteiger charge is 2.32. The number of aromatic nitrogens is 2. The van der Waals surface area contributed by atoms with E-state index in [1.165, 1.54) is 24.8 Å². The Bertz CT molecular complexity index is 1030. The number of amides is 2. The van der Waals surface area contributed by atoms with Gasteiger partial charge >= 0.3 is 6.09 Å². The first kappa shape index (κ1) is 26.2. The molecule has 0 spiro atoms. The molecule has 0 saturated carbocycles. The smallest absolute Gasteiger partial charge is 0.410 e. The van der Waals surface area contributed by atoms with Gasteiger partial charge in [0, 0.05) is 32.1 Å². The fourth-order valence-corrected chi connectivity index (χ4v) is 5.09.